The Morgan fingerprint density at radius 3 is 2.06 bits per heavy atom. The standard InChI is InChI=1S/C12H12Cl2O4/c1-12(11(17)18,3-2-10(15)16)7-4-8(13)6-9(14)5-7/h4-6H,2-3H2,1H3,(H,15,16)(H,17,18). The van der Waals surface area contributed by atoms with Crippen LogP contribution in [0.2, 0.25) is 10.0 Å². The Morgan fingerprint density at radius 2 is 1.67 bits per heavy atom. The van der Waals surface area contributed by atoms with Crippen LogP contribution in [0.3, 0.4) is 0 Å². The lowest BCUT2D eigenvalue weighted by Gasteiger charge is -2.25. The summed E-state index contributed by atoms with van der Waals surface area (Å²) in [6.45, 7) is 1.46. The van der Waals surface area contributed by atoms with E-state index in [2.05, 4.69) is 0 Å². The van der Waals surface area contributed by atoms with Crippen molar-refractivity contribution >= 4 is 35.1 Å². The van der Waals surface area contributed by atoms with E-state index < -0.39 is 17.4 Å². The molecule has 0 aliphatic rings. The maximum absolute atomic E-state index is 11.4. The molecule has 0 amide bonds. The summed E-state index contributed by atoms with van der Waals surface area (Å²) in [7, 11) is 0. The SMILES string of the molecule is CC(CCC(=O)O)(C(=O)O)c1cc(Cl)cc(Cl)c1. The highest BCUT2D eigenvalue weighted by Crippen LogP contribution is 2.33. The minimum absolute atomic E-state index is 0.0334. The van der Waals surface area contributed by atoms with E-state index in [1.807, 2.05) is 0 Å². The first-order valence-electron chi connectivity index (χ1n) is 5.17. The zero-order valence-corrected chi connectivity index (χ0v) is 11.1. The lowest BCUT2D eigenvalue weighted by molar-refractivity contribution is -0.144. The Hall–Kier alpha value is -1.26. The molecule has 1 aromatic rings. The van der Waals surface area contributed by atoms with E-state index in [1.165, 1.54) is 25.1 Å². The minimum Gasteiger partial charge on any atom is -0.481 e. The van der Waals surface area contributed by atoms with Crippen LogP contribution < -0.4 is 0 Å². The number of rotatable bonds is 5. The van der Waals surface area contributed by atoms with Crippen LogP contribution in [-0.2, 0) is 15.0 Å². The number of aliphatic carboxylic acids is 2. The van der Waals surface area contributed by atoms with E-state index in [0.717, 1.165) is 0 Å². The van der Waals surface area contributed by atoms with Gasteiger partial charge in [-0.3, -0.25) is 9.59 Å². The van der Waals surface area contributed by atoms with E-state index in [1.54, 1.807) is 0 Å². The second-order valence-electron chi connectivity index (χ2n) is 4.19. The molecule has 0 spiro atoms. The van der Waals surface area contributed by atoms with Crippen molar-refractivity contribution in [3.8, 4) is 0 Å². The Labute approximate surface area is 114 Å². The molecule has 0 aliphatic carbocycles. The molecule has 6 heteroatoms. The molecule has 0 saturated carbocycles. The fourth-order valence-corrected chi connectivity index (χ4v) is 2.13. The van der Waals surface area contributed by atoms with Gasteiger partial charge in [-0.05, 0) is 37.1 Å². The fraction of sp³-hybridized carbons (Fsp3) is 0.333. The van der Waals surface area contributed by atoms with Gasteiger partial charge in [0.25, 0.3) is 0 Å². The van der Waals surface area contributed by atoms with Crippen LogP contribution in [0, 0.1) is 0 Å². The van der Waals surface area contributed by atoms with E-state index in [4.69, 9.17) is 28.3 Å². The second-order valence-corrected chi connectivity index (χ2v) is 5.06. The molecule has 1 aromatic carbocycles. The summed E-state index contributed by atoms with van der Waals surface area (Å²) in [6, 6.07) is 4.47. The van der Waals surface area contributed by atoms with Crippen molar-refractivity contribution in [3.63, 3.8) is 0 Å². The highest BCUT2D eigenvalue weighted by molar-refractivity contribution is 6.34. The van der Waals surface area contributed by atoms with Gasteiger partial charge in [0.15, 0.2) is 0 Å². The number of halogens is 2. The summed E-state index contributed by atoms with van der Waals surface area (Å²) in [4.78, 5) is 22.0. The van der Waals surface area contributed by atoms with Crippen molar-refractivity contribution in [1.82, 2.24) is 0 Å². The Bertz CT molecular complexity index is 467. The third kappa shape index (κ3) is 3.37. The maximum atomic E-state index is 11.4. The van der Waals surface area contributed by atoms with Crippen molar-refractivity contribution in [1.29, 1.82) is 0 Å². The van der Waals surface area contributed by atoms with Gasteiger partial charge in [0.2, 0.25) is 0 Å². The summed E-state index contributed by atoms with van der Waals surface area (Å²) < 4.78 is 0. The predicted octanol–water partition coefficient (Wildman–Crippen LogP) is 3.20. The lowest BCUT2D eigenvalue weighted by atomic mass is 9.78. The van der Waals surface area contributed by atoms with Crippen LogP contribution in [0.1, 0.15) is 25.3 Å². The highest BCUT2D eigenvalue weighted by atomic mass is 35.5. The molecule has 0 heterocycles. The third-order valence-corrected chi connectivity index (χ3v) is 3.25. The van der Waals surface area contributed by atoms with Crippen molar-refractivity contribution in [2.45, 2.75) is 25.2 Å². The summed E-state index contributed by atoms with van der Waals surface area (Å²) in [5, 5.41) is 18.6. The predicted molar refractivity (Wildman–Crippen MR) is 68.3 cm³/mol. The number of carboxylic acid groups (broad SMARTS) is 2. The van der Waals surface area contributed by atoms with Gasteiger partial charge >= 0.3 is 11.9 Å². The maximum Gasteiger partial charge on any atom is 0.313 e. The quantitative estimate of drug-likeness (QED) is 0.873. The number of hydrogen-bond donors (Lipinski definition) is 2. The molecule has 0 saturated heterocycles. The third-order valence-electron chi connectivity index (χ3n) is 2.81. The van der Waals surface area contributed by atoms with E-state index in [0.29, 0.717) is 15.6 Å². The molecular formula is C12H12Cl2O4. The van der Waals surface area contributed by atoms with Gasteiger partial charge < -0.3 is 10.2 Å². The van der Waals surface area contributed by atoms with Gasteiger partial charge in [-0.15, -0.1) is 0 Å². The highest BCUT2D eigenvalue weighted by Gasteiger charge is 2.36. The molecule has 0 radical (unpaired) electrons. The molecule has 0 bridgehead atoms. The van der Waals surface area contributed by atoms with Crippen LogP contribution in [-0.4, -0.2) is 22.2 Å². The van der Waals surface area contributed by atoms with Crippen LogP contribution in [0.25, 0.3) is 0 Å². The molecule has 4 nitrogen and oxygen atoms in total. The van der Waals surface area contributed by atoms with Gasteiger partial charge in [-0.1, -0.05) is 23.2 Å². The van der Waals surface area contributed by atoms with Crippen LogP contribution >= 0.6 is 23.2 Å². The number of hydrogen-bond acceptors (Lipinski definition) is 2. The Morgan fingerprint density at radius 1 is 1.17 bits per heavy atom. The summed E-state index contributed by atoms with van der Waals surface area (Å²) in [6.07, 6.45) is -0.277. The zero-order valence-electron chi connectivity index (χ0n) is 9.61. The van der Waals surface area contributed by atoms with Crippen molar-refractivity contribution in [2.24, 2.45) is 0 Å². The van der Waals surface area contributed by atoms with Gasteiger partial charge in [0.05, 0.1) is 5.41 Å². The average molecular weight is 291 g/mol. The van der Waals surface area contributed by atoms with Gasteiger partial charge in [0, 0.05) is 16.5 Å². The van der Waals surface area contributed by atoms with Crippen molar-refractivity contribution < 1.29 is 19.8 Å². The van der Waals surface area contributed by atoms with Gasteiger partial charge in [-0.2, -0.15) is 0 Å². The Kier molecular flexibility index (Phi) is 4.59. The molecule has 2 N–H and O–H groups in total. The minimum atomic E-state index is -1.33. The number of benzene rings is 1. The second kappa shape index (κ2) is 5.59. The van der Waals surface area contributed by atoms with Crippen LogP contribution in [0.4, 0.5) is 0 Å². The molecule has 1 rings (SSSR count). The van der Waals surface area contributed by atoms with Gasteiger partial charge in [0.1, 0.15) is 0 Å². The molecule has 0 fully saturated rings. The fourth-order valence-electron chi connectivity index (χ4n) is 1.60. The topological polar surface area (TPSA) is 74.6 Å². The molecule has 98 valence electrons. The van der Waals surface area contributed by atoms with Crippen LogP contribution in [0.15, 0.2) is 18.2 Å². The molecule has 0 aliphatic heterocycles. The smallest absolute Gasteiger partial charge is 0.313 e. The lowest BCUT2D eigenvalue weighted by Crippen LogP contribution is -2.33. The molecule has 1 atom stereocenters. The largest absolute Gasteiger partial charge is 0.481 e. The van der Waals surface area contributed by atoms with Gasteiger partial charge in [-0.25, -0.2) is 0 Å². The number of carbonyl (C=O) groups is 2. The van der Waals surface area contributed by atoms with Crippen LogP contribution in [0.5, 0.6) is 0 Å². The first-order chi connectivity index (χ1) is 8.25. The first-order valence-corrected chi connectivity index (χ1v) is 5.93. The Balaban J connectivity index is 3.17. The first kappa shape index (κ1) is 14.8. The van der Waals surface area contributed by atoms with Crippen molar-refractivity contribution in [2.75, 3.05) is 0 Å². The molecule has 1 unspecified atom stereocenters. The number of carboxylic acids is 2. The molecular weight excluding hydrogens is 279 g/mol. The summed E-state index contributed by atoms with van der Waals surface area (Å²) in [5.74, 6) is -2.15. The molecule has 0 aromatic heterocycles. The summed E-state index contributed by atoms with van der Waals surface area (Å²) in [5.41, 5.74) is -0.929. The van der Waals surface area contributed by atoms with E-state index in [-0.39, 0.29) is 12.8 Å². The average Bonchev–Trinajstić information content (AvgIpc) is 2.24. The zero-order chi connectivity index (χ0) is 13.9. The van der Waals surface area contributed by atoms with E-state index >= 15 is 0 Å². The van der Waals surface area contributed by atoms with Crippen molar-refractivity contribution in [3.05, 3.63) is 33.8 Å². The summed E-state index contributed by atoms with van der Waals surface area (Å²) >= 11 is 11.7. The van der Waals surface area contributed by atoms with E-state index in [9.17, 15) is 14.7 Å². The molecule has 18 heavy (non-hydrogen) atoms. The monoisotopic (exact) mass is 290 g/mol. The normalized spacial score (nSPS) is 13.9.